The fourth-order valence-electron chi connectivity index (χ4n) is 1.07. The minimum atomic E-state index is -0.124. The molecule has 0 bridgehead atoms. The zero-order chi connectivity index (χ0) is 10.6. The summed E-state index contributed by atoms with van der Waals surface area (Å²) in [5, 5.41) is 8.22. The van der Waals surface area contributed by atoms with Gasteiger partial charge in [0.25, 0.3) is 0 Å². The Labute approximate surface area is 95.6 Å². The van der Waals surface area contributed by atoms with Gasteiger partial charge >= 0.3 is 5.69 Å². The SMILES string of the molecule is CC(C)n1c(SCCCBr)n[nH]c1=O. The van der Waals surface area contributed by atoms with E-state index in [0.717, 1.165) is 22.7 Å². The first-order valence-corrected chi connectivity index (χ1v) is 6.63. The van der Waals surface area contributed by atoms with Crippen LogP contribution in [0.5, 0.6) is 0 Å². The van der Waals surface area contributed by atoms with Gasteiger partial charge in [0.1, 0.15) is 0 Å². The van der Waals surface area contributed by atoms with Crippen molar-refractivity contribution in [2.24, 2.45) is 0 Å². The Kier molecular flexibility index (Phi) is 4.74. The fourth-order valence-corrected chi connectivity index (χ4v) is 2.73. The van der Waals surface area contributed by atoms with Crippen LogP contribution in [0.15, 0.2) is 9.95 Å². The number of halogens is 1. The van der Waals surface area contributed by atoms with Crippen molar-refractivity contribution in [3.63, 3.8) is 0 Å². The predicted molar refractivity (Wildman–Crippen MR) is 62.4 cm³/mol. The third kappa shape index (κ3) is 2.88. The summed E-state index contributed by atoms with van der Waals surface area (Å²) in [7, 11) is 0. The molecule has 0 aliphatic heterocycles. The van der Waals surface area contributed by atoms with Gasteiger partial charge in [-0.3, -0.25) is 4.57 Å². The summed E-state index contributed by atoms with van der Waals surface area (Å²) in [5.74, 6) is 0.974. The lowest BCUT2D eigenvalue weighted by molar-refractivity contribution is 0.534. The summed E-state index contributed by atoms with van der Waals surface area (Å²) < 4.78 is 1.68. The lowest BCUT2D eigenvalue weighted by Crippen LogP contribution is -2.19. The summed E-state index contributed by atoms with van der Waals surface area (Å²) in [4.78, 5) is 11.3. The molecule has 4 nitrogen and oxygen atoms in total. The summed E-state index contributed by atoms with van der Waals surface area (Å²) in [6.07, 6.45) is 1.07. The van der Waals surface area contributed by atoms with Crippen molar-refractivity contribution in [1.29, 1.82) is 0 Å². The molecule has 80 valence electrons. The molecule has 14 heavy (non-hydrogen) atoms. The van der Waals surface area contributed by atoms with E-state index in [1.807, 2.05) is 13.8 Å². The second kappa shape index (κ2) is 5.60. The van der Waals surface area contributed by atoms with Gasteiger partial charge in [0, 0.05) is 17.1 Å². The molecule has 0 spiro atoms. The number of aromatic amines is 1. The van der Waals surface area contributed by atoms with Crippen molar-refractivity contribution in [2.45, 2.75) is 31.5 Å². The molecule has 1 aromatic heterocycles. The molecular formula is C8H14BrN3OS. The third-order valence-electron chi connectivity index (χ3n) is 1.70. The van der Waals surface area contributed by atoms with E-state index in [2.05, 4.69) is 26.1 Å². The van der Waals surface area contributed by atoms with Crippen molar-refractivity contribution in [1.82, 2.24) is 14.8 Å². The van der Waals surface area contributed by atoms with E-state index in [-0.39, 0.29) is 11.7 Å². The average Bonchev–Trinajstić information content (AvgIpc) is 2.47. The molecule has 0 saturated carbocycles. The lowest BCUT2D eigenvalue weighted by Gasteiger charge is -2.07. The summed E-state index contributed by atoms with van der Waals surface area (Å²) in [5.41, 5.74) is -0.124. The van der Waals surface area contributed by atoms with E-state index in [9.17, 15) is 4.79 Å². The smallest absolute Gasteiger partial charge is 0.268 e. The lowest BCUT2D eigenvalue weighted by atomic mass is 10.4. The maximum Gasteiger partial charge on any atom is 0.344 e. The summed E-state index contributed by atoms with van der Waals surface area (Å²) in [6, 6.07) is 0.160. The molecular weight excluding hydrogens is 266 g/mol. The number of hydrogen-bond acceptors (Lipinski definition) is 3. The Morgan fingerprint density at radius 1 is 1.64 bits per heavy atom. The first kappa shape index (κ1) is 11.8. The Morgan fingerprint density at radius 2 is 2.36 bits per heavy atom. The second-order valence-corrected chi connectivity index (χ2v) is 5.02. The first-order valence-electron chi connectivity index (χ1n) is 4.52. The molecule has 1 rings (SSSR count). The topological polar surface area (TPSA) is 50.7 Å². The Balaban J connectivity index is 2.71. The van der Waals surface area contributed by atoms with Gasteiger partial charge in [0.15, 0.2) is 5.16 Å². The molecule has 0 radical (unpaired) electrons. The van der Waals surface area contributed by atoms with Gasteiger partial charge in [0.2, 0.25) is 0 Å². The Morgan fingerprint density at radius 3 is 2.93 bits per heavy atom. The van der Waals surface area contributed by atoms with Gasteiger partial charge < -0.3 is 0 Å². The number of alkyl halides is 1. The summed E-state index contributed by atoms with van der Waals surface area (Å²) in [6.45, 7) is 3.96. The van der Waals surface area contributed by atoms with E-state index in [1.165, 1.54) is 0 Å². The van der Waals surface area contributed by atoms with Gasteiger partial charge in [-0.1, -0.05) is 27.7 Å². The summed E-state index contributed by atoms with van der Waals surface area (Å²) >= 11 is 4.98. The predicted octanol–water partition coefficient (Wildman–Crippen LogP) is 2.03. The molecule has 1 N–H and O–H groups in total. The molecule has 0 saturated heterocycles. The van der Waals surface area contributed by atoms with Gasteiger partial charge in [-0.15, -0.1) is 5.10 Å². The van der Waals surface area contributed by atoms with Crippen LogP contribution in [0, 0.1) is 0 Å². The number of hydrogen-bond donors (Lipinski definition) is 1. The fraction of sp³-hybridized carbons (Fsp3) is 0.750. The molecule has 1 heterocycles. The molecule has 6 heteroatoms. The van der Waals surface area contributed by atoms with E-state index in [0.29, 0.717) is 0 Å². The van der Waals surface area contributed by atoms with E-state index < -0.39 is 0 Å². The number of aromatic nitrogens is 3. The van der Waals surface area contributed by atoms with E-state index in [4.69, 9.17) is 0 Å². The molecule has 0 aliphatic rings. The number of nitrogens with one attached hydrogen (secondary N) is 1. The molecule has 0 fully saturated rings. The number of H-pyrrole nitrogens is 1. The zero-order valence-electron chi connectivity index (χ0n) is 8.29. The highest BCUT2D eigenvalue weighted by molar-refractivity contribution is 9.09. The Bertz CT molecular complexity index is 334. The van der Waals surface area contributed by atoms with Crippen LogP contribution in [0.4, 0.5) is 0 Å². The third-order valence-corrected chi connectivity index (χ3v) is 3.30. The Hall–Kier alpha value is -0.230. The molecule has 0 aliphatic carbocycles. The van der Waals surface area contributed by atoms with Crippen LogP contribution in [0.3, 0.4) is 0 Å². The van der Waals surface area contributed by atoms with Gasteiger partial charge in [0.05, 0.1) is 0 Å². The number of thioether (sulfide) groups is 1. The molecule has 0 aromatic carbocycles. The molecule has 1 aromatic rings. The first-order chi connectivity index (χ1) is 6.66. The maximum atomic E-state index is 11.3. The normalized spacial score (nSPS) is 11.1. The highest BCUT2D eigenvalue weighted by Gasteiger charge is 2.10. The standard InChI is InChI=1S/C8H14BrN3OS/c1-6(2)12-7(13)10-11-8(12)14-5-3-4-9/h6H,3-5H2,1-2H3,(H,10,13). The van der Waals surface area contributed by atoms with Crippen molar-refractivity contribution in [3.8, 4) is 0 Å². The monoisotopic (exact) mass is 279 g/mol. The molecule has 0 amide bonds. The van der Waals surface area contributed by atoms with Gasteiger partial charge in [-0.2, -0.15) is 0 Å². The minimum Gasteiger partial charge on any atom is -0.268 e. The largest absolute Gasteiger partial charge is 0.344 e. The van der Waals surface area contributed by atoms with Crippen LogP contribution < -0.4 is 5.69 Å². The van der Waals surface area contributed by atoms with Crippen molar-refractivity contribution < 1.29 is 0 Å². The second-order valence-electron chi connectivity index (χ2n) is 3.17. The van der Waals surface area contributed by atoms with Crippen LogP contribution in [0.25, 0.3) is 0 Å². The highest BCUT2D eigenvalue weighted by atomic mass is 79.9. The van der Waals surface area contributed by atoms with Crippen LogP contribution in [0.2, 0.25) is 0 Å². The highest BCUT2D eigenvalue weighted by Crippen LogP contribution is 2.17. The van der Waals surface area contributed by atoms with Crippen molar-refractivity contribution in [2.75, 3.05) is 11.1 Å². The zero-order valence-corrected chi connectivity index (χ0v) is 10.7. The van der Waals surface area contributed by atoms with Crippen molar-refractivity contribution >= 4 is 27.7 Å². The van der Waals surface area contributed by atoms with E-state index in [1.54, 1.807) is 16.3 Å². The van der Waals surface area contributed by atoms with Crippen LogP contribution in [-0.2, 0) is 0 Å². The quantitative estimate of drug-likeness (QED) is 0.510. The van der Waals surface area contributed by atoms with Crippen LogP contribution in [0.1, 0.15) is 26.3 Å². The molecule has 0 unspecified atom stereocenters. The minimum absolute atomic E-state index is 0.124. The van der Waals surface area contributed by atoms with Gasteiger partial charge in [-0.05, 0) is 20.3 Å². The average molecular weight is 280 g/mol. The number of nitrogens with zero attached hydrogens (tertiary/aromatic N) is 2. The van der Waals surface area contributed by atoms with Crippen LogP contribution in [-0.4, -0.2) is 25.8 Å². The number of rotatable bonds is 5. The van der Waals surface area contributed by atoms with Crippen molar-refractivity contribution in [3.05, 3.63) is 10.5 Å². The molecule has 0 atom stereocenters. The van der Waals surface area contributed by atoms with Crippen LogP contribution >= 0.6 is 27.7 Å². The maximum absolute atomic E-state index is 11.3. The van der Waals surface area contributed by atoms with Gasteiger partial charge in [-0.25, -0.2) is 9.89 Å². The van der Waals surface area contributed by atoms with E-state index >= 15 is 0 Å².